The number of nitrogens with zero attached hydrogens (tertiary/aromatic N) is 1. The van der Waals surface area contributed by atoms with Crippen LogP contribution in [0.3, 0.4) is 0 Å². The van der Waals surface area contributed by atoms with Crippen molar-refractivity contribution in [2.24, 2.45) is 0 Å². The van der Waals surface area contributed by atoms with E-state index < -0.39 is 0 Å². The normalized spacial score (nSPS) is 12.5. The molecule has 26 heavy (non-hydrogen) atoms. The number of hydrogen-bond acceptors (Lipinski definition) is 4. The second kappa shape index (κ2) is 7.86. The van der Waals surface area contributed by atoms with Gasteiger partial charge in [0.15, 0.2) is 0 Å². The molecule has 1 N–H and O–H groups in total. The van der Waals surface area contributed by atoms with Gasteiger partial charge in [0.2, 0.25) is 5.91 Å². The standard InChI is InChI=1S/C19H19ClN2O2S2/c1-11(2)22-16-9-6-14(10-17(16)26-19(22)24)21-18(23)12(3)25-15-7-4-13(20)5-8-15/h4-12H,1-3H3,(H,21,23). The maximum absolute atomic E-state index is 12.5. The molecular weight excluding hydrogens is 388 g/mol. The number of rotatable bonds is 5. The highest BCUT2D eigenvalue weighted by Gasteiger charge is 2.16. The number of benzene rings is 2. The third kappa shape index (κ3) is 4.14. The number of aromatic nitrogens is 1. The summed E-state index contributed by atoms with van der Waals surface area (Å²) in [5.41, 5.74) is 1.60. The molecule has 0 aliphatic rings. The molecule has 0 fully saturated rings. The number of carbonyl (C=O) groups is 1. The van der Waals surface area contributed by atoms with Crippen molar-refractivity contribution in [2.45, 2.75) is 37.0 Å². The van der Waals surface area contributed by atoms with Gasteiger partial charge in [-0.3, -0.25) is 14.2 Å². The lowest BCUT2D eigenvalue weighted by Crippen LogP contribution is -2.22. The molecule has 3 aromatic rings. The van der Waals surface area contributed by atoms with Crippen molar-refractivity contribution in [1.82, 2.24) is 4.57 Å². The quantitative estimate of drug-likeness (QED) is 0.576. The molecule has 0 bridgehead atoms. The maximum atomic E-state index is 12.5. The van der Waals surface area contributed by atoms with Crippen LogP contribution >= 0.6 is 34.7 Å². The van der Waals surface area contributed by atoms with Crippen LogP contribution in [0.1, 0.15) is 26.8 Å². The fraction of sp³-hybridized carbons (Fsp3) is 0.263. The van der Waals surface area contributed by atoms with Gasteiger partial charge in [-0.1, -0.05) is 22.9 Å². The van der Waals surface area contributed by atoms with E-state index in [0.29, 0.717) is 10.7 Å². The maximum Gasteiger partial charge on any atom is 0.308 e. The average Bonchev–Trinajstić information content (AvgIpc) is 2.92. The number of hydrogen-bond donors (Lipinski definition) is 1. The lowest BCUT2D eigenvalue weighted by molar-refractivity contribution is -0.115. The first kappa shape index (κ1) is 19.0. The molecule has 0 radical (unpaired) electrons. The monoisotopic (exact) mass is 406 g/mol. The van der Waals surface area contributed by atoms with Crippen molar-refractivity contribution in [3.8, 4) is 0 Å². The van der Waals surface area contributed by atoms with Gasteiger partial charge in [-0.15, -0.1) is 11.8 Å². The van der Waals surface area contributed by atoms with Crippen LogP contribution in [0.25, 0.3) is 10.2 Å². The summed E-state index contributed by atoms with van der Waals surface area (Å²) >= 11 is 8.56. The molecule has 1 heterocycles. The van der Waals surface area contributed by atoms with Crippen LogP contribution in [-0.4, -0.2) is 15.7 Å². The first-order chi connectivity index (χ1) is 12.3. The minimum atomic E-state index is -0.258. The first-order valence-corrected chi connectivity index (χ1v) is 10.3. The summed E-state index contributed by atoms with van der Waals surface area (Å²) in [4.78, 5) is 25.6. The first-order valence-electron chi connectivity index (χ1n) is 8.23. The summed E-state index contributed by atoms with van der Waals surface area (Å²) in [6.45, 7) is 5.83. The topological polar surface area (TPSA) is 51.1 Å². The predicted molar refractivity (Wildman–Crippen MR) is 112 cm³/mol. The highest BCUT2D eigenvalue weighted by Crippen LogP contribution is 2.27. The molecular formula is C19H19ClN2O2S2. The number of nitrogens with one attached hydrogen (secondary N) is 1. The van der Waals surface area contributed by atoms with Crippen molar-refractivity contribution in [3.63, 3.8) is 0 Å². The van der Waals surface area contributed by atoms with Crippen LogP contribution in [0.15, 0.2) is 52.2 Å². The minimum absolute atomic E-state index is 0.0186. The van der Waals surface area contributed by atoms with E-state index in [1.54, 1.807) is 4.57 Å². The average molecular weight is 407 g/mol. The number of amides is 1. The fourth-order valence-electron chi connectivity index (χ4n) is 2.62. The Kier molecular flexibility index (Phi) is 5.75. The summed E-state index contributed by atoms with van der Waals surface area (Å²) in [5.74, 6) is -0.0834. The predicted octanol–water partition coefficient (Wildman–Crippen LogP) is 5.42. The molecule has 0 saturated carbocycles. The Morgan fingerprint density at radius 2 is 1.85 bits per heavy atom. The van der Waals surface area contributed by atoms with Gasteiger partial charge in [-0.25, -0.2) is 0 Å². The van der Waals surface area contributed by atoms with E-state index in [1.807, 2.05) is 63.2 Å². The highest BCUT2D eigenvalue weighted by atomic mass is 35.5. The van der Waals surface area contributed by atoms with E-state index >= 15 is 0 Å². The molecule has 3 rings (SSSR count). The molecule has 7 heteroatoms. The Bertz CT molecular complexity index is 993. The molecule has 0 spiro atoms. The number of anilines is 1. The van der Waals surface area contributed by atoms with Crippen molar-refractivity contribution >= 4 is 56.5 Å². The molecule has 1 atom stereocenters. The van der Waals surface area contributed by atoms with Crippen molar-refractivity contribution in [2.75, 3.05) is 5.32 Å². The molecule has 1 amide bonds. The molecule has 0 aliphatic carbocycles. The summed E-state index contributed by atoms with van der Waals surface area (Å²) < 4.78 is 2.64. The molecule has 4 nitrogen and oxygen atoms in total. The third-order valence-electron chi connectivity index (χ3n) is 3.89. The van der Waals surface area contributed by atoms with Gasteiger partial charge in [0.25, 0.3) is 0 Å². The van der Waals surface area contributed by atoms with E-state index in [2.05, 4.69) is 5.32 Å². The van der Waals surface area contributed by atoms with Crippen LogP contribution in [0.4, 0.5) is 5.69 Å². The zero-order valence-corrected chi connectivity index (χ0v) is 17.0. The zero-order chi connectivity index (χ0) is 18.8. The molecule has 1 aromatic heterocycles. The molecule has 1 unspecified atom stereocenters. The Morgan fingerprint density at radius 3 is 2.50 bits per heavy atom. The van der Waals surface area contributed by atoms with Gasteiger partial charge in [0.1, 0.15) is 0 Å². The number of thiazole rings is 1. The number of halogens is 1. The largest absolute Gasteiger partial charge is 0.325 e. The molecule has 2 aromatic carbocycles. The van der Waals surface area contributed by atoms with E-state index in [9.17, 15) is 9.59 Å². The van der Waals surface area contributed by atoms with E-state index in [0.717, 1.165) is 15.1 Å². The summed E-state index contributed by atoms with van der Waals surface area (Å²) in [7, 11) is 0. The lowest BCUT2D eigenvalue weighted by Gasteiger charge is -2.12. The van der Waals surface area contributed by atoms with Gasteiger partial charge in [0, 0.05) is 21.6 Å². The Hall–Kier alpha value is -1.76. The Labute approximate surface area is 165 Å². The second-order valence-corrected chi connectivity index (χ2v) is 9.06. The van der Waals surface area contributed by atoms with Crippen LogP contribution < -0.4 is 10.2 Å². The Balaban J connectivity index is 1.74. The van der Waals surface area contributed by atoms with Crippen molar-refractivity contribution in [1.29, 1.82) is 0 Å². The fourth-order valence-corrected chi connectivity index (χ4v) is 4.66. The zero-order valence-electron chi connectivity index (χ0n) is 14.7. The van der Waals surface area contributed by atoms with Crippen LogP contribution in [0.2, 0.25) is 5.02 Å². The van der Waals surface area contributed by atoms with Gasteiger partial charge in [-0.05, 0) is 63.2 Å². The minimum Gasteiger partial charge on any atom is -0.325 e. The number of thioether (sulfide) groups is 1. The van der Waals surface area contributed by atoms with Crippen LogP contribution in [0.5, 0.6) is 0 Å². The number of carbonyl (C=O) groups excluding carboxylic acids is 1. The van der Waals surface area contributed by atoms with Crippen molar-refractivity contribution < 1.29 is 4.79 Å². The highest BCUT2D eigenvalue weighted by molar-refractivity contribution is 8.00. The molecule has 136 valence electrons. The third-order valence-corrected chi connectivity index (χ3v) is 6.18. The van der Waals surface area contributed by atoms with E-state index in [1.165, 1.54) is 23.1 Å². The lowest BCUT2D eigenvalue weighted by atomic mass is 10.2. The number of fused-ring (bicyclic) bond motifs is 1. The molecule has 0 aliphatic heterocycles. The Morgan fingerprint density at radius 1 is 1.15 bits per heavy atom. The van der Waals surface area contributed by atoms with Crippen molar-refractivity contribution in [3.05, 3.63) is 57.2 Å². The summed E-state index contributed by atoms with van der Waals surface area (Å²) in [5, 5.41) is 3.35. The summed E-state index contributed by atoms with van der Waals surface area (Å²) in [6.07, 6.45) is 0. The van der Waals surface area contributed by atoms with Crippen LogP contribution in [0, 0.1) is 0 Å². The van der Waals surface area contributed by atoms with E-state index in [-0.39, 0.29) is 22.1 Å². The molecule has 0 saturated heterocycles. The van der Waals surface area contributed by atoms with Crippen LogP contribution in [-0.2, 0) is 4.79 Å². The van der Waals surface area contributed by atoms with Gasteiger partial charge < -0.3 is 5.32 Å². The van der Waals surface area contributed by atoms with E-state index in [4.69, 9.17) is 11.6 Å². The second-order valence-electron chi connectivity index (χ2n) is 6.22. The smallest absolute Gasteiger partial charge is 0.308 e. The SMILES string of the molecule is CC(Sc1ccc(Cl)cc1)C(=O)Nc1ccc2c(c1)sc(=O)n2C(C)C. The summed E-state index contributed by atoms with van der Waals surface area (Å²) in [6, 6.07) is 13.1. The van der Waals surface area contributed by atoms with Gasteiger partial charge in [0.05, 0.1) is 15.5 Å². The van der Waals surface area contributed by atoms with Gasteiger partial charge in [-0.2, -0.15) is 0 Å². The van der Waals surface area contributed by atoms with Gasteiger partial charge >= 0.3 is 4.87 Å².